The highest BCUT2D eigenvalue weighted by molar-refractivity contribution is 6.08. The largest absolute Gasteiger partial charge is 0.791 e. The Bertz CT molecular complexity index is 817. The predicted molar refractivity (Wildman–Crippen MR) is 95.4 cm³/mol. The summed E-state index contributed by atoms with van der Waals surface area (Å²) in [7, 11) is 2.12. The smallest absolute Gasteiger partial charge is 0.132 e. The van der Waals surface area contributed by atoms with Crippen LogP contribution in [0.15, 0.2) is 41.6 Å². The lowest BCUT2D eigenvalue weighted by Gasteiger charge is -2.30. The Labute approximate surface area is 141 Å². The molecule has 2 heterocycles. The van der Waals surface area contributed by atoms with Crippen LogP contribution in [0.25, 0.3) is 11.1 Å². The zero-order chi connectivity index (χ0) is 16.8. The summed E-state index contributed by atoms with van der Waals surface area (Å²) in [5.41, 5.74) is 6.54. The quantitative estimate of drug-likeness (QED) is 0.816. The number of amidine groups is 1. The summed E-state index contributed by atoms with van der Waals surface area (Å²) < 4.78 is 0. The van der Waals surface area contributed by atoms with E-state index in [1.807, 2.05) is 31.2 Å². The van der Waals surface area contributed by atoms with Crippen molar-refractivity contribution >= 4 is 11.5 Å². The second-order valence-electron chi connectivity index (χ2n) is 6.65. The fourth-order valence-corrected chi connectivity index (χ4v) is 3.99. The van der Waals surface area contributed by atoms with Gasteiger partial charge >= 0.3 is 0 Å². The van der Waals surface area contributed by atoms with E-state index in [1.54, 1.807) is 0 Å². The molecule has 5 nitrogen and oxygen atoms in total. The minimum Gasteiger partial charge on any atom is -0.791 e. The van der Waals surface area contributed by atoms with Crippen LogP contribution in [-0.4, -0.2) is 29.5 Å². The third kappa shape index (κ3) is 2.12. The van der Waals surface area contributed by atoms with Gasteiger partial charge in [-0.05, 0) is 47.4 Å². The van der Waals surface area contributed by atoms with Gasteiger partial charge < -0.3 is 15.3 Å². The second kappa shape index (κ2) is 5.61. The van der Waals surface area contributed by atoms with E-state index in [1.165, 1.54) is 11.1 Å². The molecule has 2 aromatic rings. The fourth-order valence-electron chi connectivity index (χ4n) is 3.99. The van der Waals surface area contributed by atoms with Crippen LogP contribution in [0.1, 0.15) is 29.5 Å². The van der Waals surface area contributed by atoms with Gasteiger partial charge in [0.1, 0.15) is 5.84 Å². The summed E-state index contributed by atoms with van der Waals surface area (Å²) in [5, 5.41) is 25.6. The van der Waals surface area contributed by atoms with Crippen LogP contribution in [-0.2, 0) is 13.0 Å². The molecule has 1 unspecified atom stereocenters. The predicted octanol–water partition coefficient (Wildman–Crippen LogP) is 3.55. The first-order valence-corrected chi connectivity index (χ1v) is 8.23. The van der Waals surface area contributed by atoms with Crippen molar-refractivity contribution in [3.8, 4) is 11.1 Å². The zero-order valence-electron chi connectivity index (χ0n) is 13.9. The Balaban J connectivity index is 2.00. The molecule has 0 fully saturated rings. The van der Waals surface area contributed by atoms with Crippen molar-refractivity contribution in [1.29, 1.82) is 0 Å². The molecule has 4 rings (SSSR count). The van der Waals surface area contributed by atoms with Gasteiger partial charge in [0.2, 0.25) is 0 Å². The SMILES string of the molecule is CC1C(=N[O-])N(O)c2cc(-c3ccccc3)c3c(c21)CCN(C)C3. The number of nitrogens with zero attached hydrogens (tertiary/aromatic N) is 3. The molecule has 5 heteroatoms. The zero-order valence-corrected chi connectivity index (χ0v) is 13.9. The first-order valence-electron chi connectivity index (χ1n) is 8.23. The van der Waals surface area contributed by atoms with Crippen LogP contribution in [0.3, 0.4) is 0 Å². The molecule has 2 aromatic carbocycles. The molecule has 124 valence electrons. The molecular weight excluding hydrogens is 302 g/mol. The highest BCUT2D eigenvalue weighted by atomic mass is 16.5. The lowest BCUT2D eigenvalue weighted by atomic mass is 9.84. The number of fused-ring (bicyclic) bond motifs is 3. The number of anilines is 1. The highest BCUT2D eigenvalue weighted by Gasteiger charge is 2.36. The monoisotopic (exact) mass is 322 g/mol. The number of benzene rings is 2. The van der Waals surface area contributed by atoms with Crippen molar-refractivity contribution < 1.29 is 5.21 Å². The molecule has 0 amide bonds. The van der Waals surface area contributed by atoms with Crippen LogP contribution >= 0.6 is 0 Å². The summed E-state index contributed by atoms with van der Waals surface area (Å²) in [5.74, 6) is 0.000759. The summed E-state index contributed by atoms with van der Waals surface area (Å²) in [6, 6.07) is 12.2. The Kier molecular flexibility index (Phi) is 3.55. The third-order valence-electron chi connectivity index (χ3n) is 5.19. The Hall–Kier alpha value is -2.37. The number of rotatable bonds is 1. The van der Waals surface area contributed by atoms with Gasteiger partial charge in [-0.1, -0.05) is 37.3 Å². The average molecular weight is 322 g/mol. The van der Waals surface area contributed by atoms with Crippen LogP contribution in [0.4, 0.5) is 5.69 Å². The standard InChI is InChI=1S/C19H21N3O2/c1-12-18-14-8-9-21(2)11-16(14)15(13-6-4-3-5-7-13)10-17(18)22(24)19(12)20-23/h3-7,10,12,23-24H,8-9,11H2,1-2H3/p-1. The Morgan fingerprint density at radius 1 is 1.21 bits per heavy atom. The second-order valence-corrected chi connectivity index (χ2v) is 6.65. The van der Waals surface area contributed by atoms with Gasteiger partial charge in [-0.25, -0.2) is 5.06 Å². The summed E-state index contributed by atoms with van der Waals surface area (Å²) >= 11 is 0. The van der Waals surface area contributed by atoms with Gasteiger partial charge in [0.15, 0.2) is 0 Å². The maximum absolute atomic E-state index is 11.2. The molecular formula is C19H20N3O2-. The van der Waals surface area contributed by atoms with E-state index in [2.05, 4.69) is 29.2 Å². The summed E-state index contributed by atoms with van der Waals surface area (Å²) in [4.78, 5) is 2.31. The van der Waals surface area contributed by atoms with Crippen molar-refractivity contribution in [2.45, 2.75) is 25.8 Å². The molecule has 0 bridgehead atoms. The third-order valence-corrected chi connectivity index (χ3v) is 5.19. The average Bonchev–Trinajstić information content (AvgIpc) is 2.85. The van der Waals surface area contributed by atoms with Gasteiger partial charge in [-0.15, -0.1) is 0 Å². The molecule has 0 aliphatic carbocycles. The minimum absolute atomic E-state index is 0.176. The van der Waals surface area contributed by atoms with Gasteiger partial charge in [0, 0.05) is 19.0 Å². The van der Waals surface area contributed by atoms with Crippen molar-refractivity contribution in [2.24, 2.45) is 5.16 Å². The van der Waals surface area contributed by atoms with Crippen molar-refractivity contribution in [3.63, 3.8) is 0 Å². The van der Waals surface area contributed by atoms with E-state index in [-0.39, 0.29) is 11.8 Å². The van der Waals surface area contributed by atoms with Gasteiger partial charge in [-0.3, -0.25) is 5.21 Å². The number of likely N-dealkylation sites (N-methyl/N-ethyl adjacent to an activating group) is 1. The normalized spacial score (nSPS) is 21.9. The lowest BCUT2D eigenvalue weighted by molar-refractivity contribution is 0.310. The molecule has 0 radical (unpaired) electrons. The maximum Gasteiger partial charge on any atom is 0.132 e. The molecule has 1 atom stereocenters. The first kappa shape index (κ1) is 15.2. The Morgan fingerprint density at radius 2 is 1.96 bits per heavy atom. The summed E-state index contributed by atoms with van der Waals surface area (Å²) in [6.45, 7) is 3.78. The van der Waals surface area contributed by atoms with Crippen molar-refractivity contribution in [2.75, 3.05) is 18.7 Å². The molecule has 0 saturated carbocycles. The van der Waals surface area contributed by atoms with E-state index in [9.17, 15) is 10.4 Å². The Morgan fingerprint density at radius 3 is 2.67 bits per heavy atom. The molecule has 2 aliphatic rings. The minimum atomic E-state index is -0.176. The summed E-state index contributed by atoms with van der Waals surface area (Å²) in [6.07, 6.45) is 0.916. The molecule has 0 saturated heterocycles. The van der Waals surface area contributed by atoms with E-state index >= 15 is 0 Å². The van der Waals surface area contributed by atoms with E-state index in [4.69, 9.17) is 0 Å². The van der Waals surface area contributed by atoms with Crippen LogP contribution in [0.2, 0.25) is 0 Å². The van der Waals surface area contributed by atoms with E-state index < -0.39 is 0 Å². The van der Waals surface area contributed by atoms with Crippen molar-refractivity contribution in [1.82, 2.24) is 4.90 Å². The number of hydroxylamine groups is 1. The van der Waals surface area contributed by atoms with Crippen molar-refractivity contribution in [3.05, 3.63) is 58.3 Å². The highest BCUT2D eigenvalue weighted by Crippen LogP contribution is 2.45. The van der Waals surface area contributed by atoms with E-state index in [0.717, 1.165) is 41.3 Å². The van der Waals surface area contributed by atoms with Crippen LogP contribution in [0.5, 0.6) is 0 Å². The van der Waals surface area contributed by atoms with Gasteiger partial charge in [0.25, 0.3) is 0 Å². The molecule has 1 N–H and O–H groups in total. The van der Waals surface area contributed by atoms with E-state index in [0.29, 0.717) is 5.69 Å². The topological polar surface area (TPSA) is 62.1 Å². The maximum atomic E-state index is 11.2. The number of hydrogen-bond donors (Lipinski definition) is 1. The van der Waals surface area contributed by atoms with Gasteiger partial charge in [-0.2, -0.15) is 0 Å². The first-order chi connectivity index (χ1) is 11.6. The lowest BCUT2D eigenvalue weighted by Crippen LogP contribution is -2.28. The fraction of sp³-hybridized carbons (Fsp3) is 0.316. The molecule has 0 aromatic heterocycles. The van der Waals surface area contributed by atoms with Gasteiger partial charge in [0.05, 0.1) is 5.69 Å². The number of hydrogen-bond acceptors (Lipinski definition) is 4. The molecule has 24 heavy (non-hydrogen) atoms. The van der Waals surface area contributed by atoms with Crippen LogP contribution < -0.4 is 5.06 Å². The molecule has 0 spiro atoms. The molecule has 2 aliphatic heterocycles. The van der Waals surface area contributed by atoms with Crippen LogP contribution in [0, 0.1) is 5.21 Å².